The van der Waals surface area contributed by atoms with Crippen LogP contribution in [0.3, 0.4) is 0 Å². The van der Waals surface area contributed by atoms with Crippen LogP contribution < -0.4 is 0 Å². The molecular weight excluding hydrogens is 205 g/mol. The second-order valence-corrected chi connectivity index (χ2v) is 1.91. The Morgan fingerprint density at radius 3 is 1.69 bits per heavy atom. The van der Waals surface area contributed by atoms with Crippen LogP contribution >= 0.6 is 0 Å². The van der Waals surface area contributed by atoms with Crippen LogP contribution in [0.2, 0.25) is 0 Å². The molecule has 7 heteroatoms. The fourth-order valence-electron chi connectivity index (χ4n) is 0.336. The summed E-state index contributed by atoms with van der Waals surface area (Å²) >= 11 is 0. The largest absolute Gasteiger partial charge is 0.442 e. The molecule has 0 bridgehead atoms. The third kappa shape index (κ3) is 6.18. The molecule has 0 aliphatic carbocycles. The van der Waals surface area contributed by atoms with Gasteiger partial charge in [0.05, 0.1) is 0 Å². The van der Waals surface area contributed by atoms with E-state index in [2.05, 4.69) is 0 Å². The molecule has 0 rings (SSSR count). The molecule has 13 heavy (non-hydrogen) atoms. The van der Waals surface area contributed by atoms with Crippen molar-refractivity contribution in [3.8, 4) is 0 Å². The van der Waals surface area contributed by atoms with E-state index in [1.165, 1.54) is 0 Å². The zero-order valence-electron chi connectivity index (χ0n) is 5.88. The molecule has 0 fully saturated rings. The molecule has 0 saturated heterocycles. The van der Waals surface area contributed by atoms with Gasteiger partial charge in [0.25, 0.3) is 0 Å². The van der Waals surface area contributed by atoms with Gasteiger partial charge in [-0.2, -0.15) is 26.3 Å². The molecule has 0 heterocycles. The van der Waals surface area contributed by atoms with Crippen LogP contribution in [0.25, 0.3) is 0 Å². The van der Waals surface area contributed by atoms with E-state index >= 15 is 0 Å². The van der Waals surface area contributed by atoms with Crippen molar-refractivity contribution in [2.75, 3.05) is 0 Å². The van der Waals surface area contributed by atoms with Crippen molar-refractivity contribution in [2.45, 2.75) is 12.4 Å². The average molecular weight is 208 g/mol. The number of hydrogen-bond donors (Lipinski definition) is 0. The van der Waals surface area contributed by atoms with E-state index in [-0.39, 0.29) is 12.2 Å². The third-order valence-corrected chi connectivity index (χ3v) is 0.799. The van der Waals surface area contributed by atoms with Crippen LogP contribution in [-0.4, -0.2) is 12.4 Å². The highest BCUT2D eigenvalue weighted by molar-refractivity contribution is 5.12. The van der Waals surface area contributed by atoms with E-state index < -0.39 is 24.3 Å². The summed E-state index contributed by atoms with van der Waals surface area (Å²) < 4.78 is 79.6. The Labute approximate surface area is 68.3 Å². The maximum absolute atomic E-state index is 11.8. The minimum absolute atomic E-state index is 0.0528. The Bertz CT molecular complexity index is 216. The maximum Gasteiger partial charge on any atom is 0.442 e. The van der Waals surface area contributed by atoms with Crippen LogP contribution in [-0.2, 0) is 0 Å². The van der Waals surface area contributed by atoms with E-state index in [1.807, 2.05) is 0 Å². The second-order valence-electron chi connectivity index (χ2n) is 1.91. The second kappa shape index (κ2) is 3.80. The zero-order chi connectivity index (χ0) is 10.7. The first-order valence-electron chi connectivity index (χ1n) is 2.82. The van der Waals surface area contributed by atoms with E-state index in [9.17, 15) is 30.7 Å². The summed E-state index contributed by atoms with van der Waals surface area (Å²) in [6.45, 7) is 0. The van der Waals surface area contributed by atoms with Gasteiger partial charge >= 0.3 is 12.4 Å². The summed E-state index contributed by atoms with van der Waals surface area (Å²) in [6, 6.07) is 0. The smallest absolute Gasteiger partial charge is 0.202 e. The third-order valence-electron chi connectivity index (χ3n) is 0.799. The van der Waals surface area contributed by atoms with E-state index in [0.717, 1.165) is 0 Å². The molecule has 0 aromatic heterocycles. The van der Waals surface area contributed by atoms with Gasteiger partial charge in [0.1, 0.15) is 0 Å². The van der Waals surface area contributed by atoms with Crippen molar-refractivity contribution < 1.29 is 30.7 Å². The summed E-state index contributed by atoms with van der Waals surface area (Å²) in [4.78, 5) is 0. The molecule has 0 unspecified atom stereocenters. The van der Waals surface area contributed by atoms with Crippen LogP contribution in [0.5, 0.6) is 0 Å². The SMILES string of the molecule is FC(=CC=CC(F)(F)F)C(F)(F)F. The lowest BCUT2D eigenvalue weighted by atomic mass is 10.4. The van der Waals surface area contributed by atoms with Crippen molar-refractivity contribution >= 4 is 0 Å². The van der Waals surface area contributed by atoms with Crippen molar-refractivity contribution in [1.29, 1.82) is 0 Å². The van der Waals surface area contributed by atoms with Gasteiger partial charge in [-0.15, -0.1) is 0 Å². The first-order chi connectivity index (χ1) is 5.63. The number of rotatable bonds is 1. The van der Waals surface area contributed by atoms with Crippen LogP contribution in [0.4, 0.5) is 30.7 Å². The molecule has 0 aliphatic rings. The molecule has 0 radical (unpaired) electrons. The van der Waals surface area contributed by atoms with Gasteiger partial charge in [-0.05, 0) is 6.08 Å². The number of allylic oxidation sites excluding steroid dienone is 4. The topological polar surface area (TPSA) is 0 Å². The maximum atomic E-state index is 11.8. The van der Waals surface area contributed by atoms with E-state index in [4.69, 9.17) is 0 Å². The molecule has 0 aromatic rings. The van der Waals surface area contributed by atoms with Gasteiger partial charge in [0.15, 0.2) is 0 Å². The molecule has 0 N–H and O–H groups in total. The summed E-state index contributed by atoms with van der Waals surface area (Å²) in [5.74, 6) is -2.58. The summed E-state index contributed by atoms with van der Waals surface area (Å²) in [5, 5.41) is 0. The van der Waals surface area contributed by atoms with Gasteiger partial charge in [-0.3, -0.25) is 0 Å². The lowest BCUT2D eigenvalue weighted by Gasteiger charge is -2.00. The fraction of sp³-hybridized carbons (Fsp3) is 0.333. The standard InChI is InChI=1S/C6H3F7/c7-4(6(11,12)13)2-1-3-5(8,9)10/h1-3H. The molecule has 0 aliphatic heterocycles. The minimum Gasteiger partial charge on any atom is -0.202 e. The minimum atomic E-state index is -5.24. The highest BCUT2D eigenvalue weighted by Crippen LogP contribution is 2.26. The molecule has 0 aromatic carbocycles. The van der Waals surface area contributed by atoms with Crippen LogP contribution in [0.15, 0.2) is 24.1 Å². The average Bonchev–Trinajstić information content (AvgIpc) is 1.82. The van der Waals surface area contributed by atoms with Crippen molar-refractivity contribution in [3.63, 3.8) is 0 Å². The molecule has 0 atom stereocenters. The lowest BCUT2D eigenvalue weighted by Crippen LogP contribution is -2.07. The van der Waals surface area contributed by atoms with Crippen LogP contribution in [0, 0.1) is 0 Å². The highest BCUT2D eigenvalue weighted by atomic mass is 19.4. The molecule has 0 nitrogen and oxygen atoms in total. The summed E-state index contributed by atoms with van der Waals surface area (Å²) in [7, 11) is 0. The Kier molecular flexibility index (Phi) is 3.50. The lowest BCUT2D eigenvalue weighted by molar-refractivity contribution is -0.108. The van der Waals surface area contributed by atoms with Gasteiger partial charge in [-0.25, -0.2) is 4.39 Å². The monoisotopic (exact) mass is 208 g/mol. The quantitative estimate of drug-likeness (QED) is 0.456. The molecule has 0 saturated carbocycles. The first kappa shape index (κ1) is 12.0. The molecule has 0 spiro atoms. The number of halogens is 7. The summed E-state index contributed by atoms with van der Waals surface area (Å²) in [5.41, 5.74) is 0. The predicted octanol–water partition coefficient (Wildman–Crippen LogP) is 3.52. The zero-order valence-corrected chi connectivity index (χ0v) is 5.88. The normalized spacial score (nSPS) is 15.5. The summed E-state index contributed by atoms with van der Waals surface area (Å²) in [6.07, 6.45) is -10.8. The molecule has 0 amide bonds. The van der Waals surface area contributed by atoms with Crippen LogP contribution in [0.1, 0.15) is 0 Å². The Morgan fingerprint density at radius 1 is 0.923 bits per heavy atom. The Balaban J connectivity index is 4.37. The Hall–Kier alpha value is -1.01. The van der Waals surface area contributed by atoms with Gasteiger partial charge < -0.3 is 0 Å². The van der Waals surface area contributed by atoms with E-state index in [0.29, 0.717) is 0 Å². The van der Waals surface area contributed by atoms with Crippen molar-refractivity contribution in [1.82, 2.24) is 0 Å². The number of hydrogen-bond acceptors (Lipinski definition) is 0. The van der Waals surface area contributed by atoms with Crippen molar-refractivity contribution in [3.05, 3.63) is 24.1 Å². The van der Waals surface area contributed by atoms with Crippen molar-refractivity contribution in [2.24, 2.45) is 0 Å². The molecule has 76 valence electrons. The first-order valence-corrected chi connectivity index (χ1v) is 2.82. The molecular formula is C6H3F7. The fourth-order valence-corrected chi connectivity index (χ4v) is 0.336. The van der Waals surface area contributed by atoms with E-state index in [1.54, 1.807) is 0 Å². The highest BCUT2D eigenvalue weighted by Gasteiger charge is 2.34. The number of alkyl halides is 6. The van der Waals surface area contributed by atoms with Gasteiger partial charge in [0.2, 0.25) is 5.83 Å². The Morgan fingerprint density at radius 2 is 1.38 bits per heavy atom. The predicted molar refractivity (Wildman–Crippen MR) is 30.4 cm³/mol. The van der Waals surface area contributed by atoms with Gasteiger partial charge in [-0.1, -0.05) is 6.08 Å². The van der Waals surface area contributed by atoms with Gasteiger partial charge in [0, 0.05) is 6.08 Å².